The fourth-order valence-electron chi connectivity index (χ4n) is 3.33. The molecule has 0 bridgehead atoms. The predicted octanol–water partition coefficient (Wildman–Crippen LogP) is 2.15. The van der Waals surface area contributed by atoms with Gasteiger partial charge in [-0.15, -0.1) is 12.4 Å². The van der Waals surface area contributed by atoms with E-state index >= 15 is 0 Å². The molecule has 1 N–H and O–H groups in total. The van der Waals surface area contributed by atoms with Crippen molar-refractivity contribution >= 4 is 22.2 Å². The Kier molecular flexibility index (Phi) is 8.06. The average Bonchev–Trinajstić information content (AvgIpc) is 2.65. The molecule has 0 unspecified atom stereocenters. The molecule has 1 aliphatic carbocycles. The van der Waals surface area contributed by atoms with E-state index in [4.69, 9.17) is 9.47 Å². The largest absolute Gasteiger partial charge is 0.473 e. The van der Waals surface area contributed by atoms with Gasteiger partial charge in [0, 0.05) is 0 Å². The lowest BCUT2D eigenvalue weighted by Gasteiger charge is -2.32. The number of halogens is 1. The highest BCUT2D eigenvalue weighted by Gasteiger charge is 2.26. The number of nitrogens with one attached hydrogen (secondary N) is 1. The van der Waals surface area contributed by atoms with E-state index < -0.39 is 9.84 Å². The fourth-order valence-corrected chi connectivity index (χ4v) is 4.06. The van der Waals surface area contributed by atoms with Crippen molar-refractivity contribution < 1.29 is 17.9 Å². The second-order valence-corrected chi connectivity index (χ2v) is 8.92. The molecule has 2 heterocycles. The molecule has 1 saturated heterocycles. The van der Waals surface area contributed by atoms with Crippen molar-refractivity contribution in [3.8, 4) is 5.88 Å². The molecule has 3 rings (SSSR count). The Bertz CT molecular complexity index is 642. The molecule has 0 radical (unpaired) electrons. The summed E-state index contributed by atoms with van der Waals surface area (Å²) in [5.41, 5.74) is 0. The highest BCUT2D eigenvalue weighted by molar-refractivity contribution is 7.91. The van der Waals surface area contributed by atoms with E-state index in [-0.39, 0.29) is 29.3 Å². The summed E-state index contributed by atoms with van der Waals surface area (Å²) in [5.74, 6) is 0.404. The number of aromatic nitrogens is 2. The molecule has 1 aromatic heterocycles. The normalized spacial score (nSPS) is 24.7. The number of sulfone groups is 1. The monoisotopic (exact) mass is 405 g/mol. The van der Waals surface area contributed by atoms with Crippen molar-refractivity contribution in [3.05, 3.63) is 12.4 Å². The first-order valence-corrected chi connectivity index (χ1v) is 10.8. The minimum absolute atomic E-state index is 0. The highest BCUT2D eigenvalue weighted by atomic mass is 35.5. The van der Waals surface area contributed by atoms with Crippen LogP contribution in [0.1, 0.15) is 45.4 Å². The van der Waals surface area contributed by atoms with Crippen LogP contribution in [0, 0.1) is 0 Å². The number of hydrogen-bond acceptors (Lipinski definition) is 7. The van der Waals surface area contributed by atoms with Crippen molar-refractivity contribution in [1.82, 2.24) is 15.3 Å². The summed E-state index contributed by atoms with van der Waals surface area (Å²) in [6.45, 7) is 3.68. The van der Waals surface area contributed by atoms with Crippen molar-refractivity contribution in [2.24, 2.45) is 0 Å². The van der Waals surface area contributed by atoms with Gasteiger partial charge in [-0.1, -0.05) is 6.92 Å². The third-order valence-corrected chi connectivity index (χ3v) is 6.49. The maximum Gasteiger partial charge on any atom is 0.232 e. The van der Waals surface area contributed by atoms with Crippen molar-refractivity contribution in [2.45, 2.75) is 68.8 Å². The number of nitrogens with zero attached hydrogens (tertiary/aromatic N) is 2. The van der Waals surface area contributed by atoms with Crippen LogP contribution in [0.5, 0.6) is 5.88 Å². The fraction of sp³-hybridized carbons (Fsp3) is 0.765. The van der Waals surface area contributed by atoms with Crippen LogP contribution in [0.2, 0.25) is 0 Å². The average molecular weight is 406 g/mol. The molecule has 1 saturated carbocycles. The van der Waals surface area contributed by atoms with Crippen LogP contribution in [-0.2, 0) is 14.6 Å². The molecule has 9 heteroatoms. The Labute approximate surface area is 161 Å². The second-order valence-electron chi connectivity index (χ2n) is 6.70. The molecule has 148 valence electrons. The minimum Gasteiger partial charge on any atom is -0.473 e. The van der Waals surface area contributed by atoms with Crippen molar-refractivity contribution in [2.75, 3.05) is 18.8 Å². The van der Waals surface area contributed by atoms with Gasteiger partial charge in [-0.3, -0.25) is 0 Å². The summed E-state index contributed by atoms with van der Waals surface area (Å²) in [6, 6.07) is 0. The molecule has 2 fully saturated rings. The van der Waals surface area contributed by atoms with Gasteiger partial charge in [-0.05, 0) is 51.6 Å². The lowest BCUT2D eigenvalue weighted by Crippen LogP contribution is -2.37. The second kappa shape index (κ2) is 9.82. The van der Waals surface area contributed by atoms with Crippen molar-refractivity contribution in [1.29, 1.82) is 0 Å². The van der Waals surface area contributed by atoms with Crippen LogP contribution in [0.4, 0.5) is 0 Å². The van der Waals surface area contributed by atoms with E-state index in [2.05, 4.69) is 15.3 Å². The van der Waals surface area contributed by atoms with E-state index in [1.807, 2.05) is 0 Å². The Balaban J connectivity index is 0.00000243. The van der Waals surface area contributed by atoms with Crippen LogP contribution in [0.25, 0.3) is 0 Å². The zero-order valence-corrected chi connectivity index (χ0v) is 16.7. The van der Waals surface area contributed by atoms with Crippen LogP contribution in [-0.4, -0.2) is 55.5 Å². The lowest BCUT2D eigenvalue weighted by molar-refractivity contribution is -0.0552. The van der Waals surface area contributed by atoms with E-state index in [9.17, 15) is 8.42 Å². The van der Waals surface area contributed by atoms with Crippen LogP contribution in [0.3, 0.4) is 0 Å². The summed E-state index contributed by atoms with van der Waals surface area (Å²) in [6.07, 6.45) is 9.51. The summed E-state index contributed by atoms with van der Waals surface area (Å²) >= 11 is 0. The van der Waals surface area contributed by atoms with Gasteiger partial charge in [0.25, 0.3) is 0 Å². The van der Waals surface area contributed by atoms with Gasteiger partial charge in [0.1, 0.15) is 6.10 Å². The third-order valence-electron chi connectivity index (χ3n) is 4.88. The summed E-state index contributed by atoms with van der Waals surface area (Å²) < 4.78 is 35.5. The Morgan fingerprint density at radius 3 is 2.19 bits per heavy atom. The van der Waals surface area contributed by atoms with Crippen molar-refractivity contribution in [3.63, 3.8) is 0 Å². The van der Waals surface area contributed by atoms with Gasteiger partial charge >= 0.3 is 0 Å². The lowest BCUT2D eigenvalue weighted by atomic mass is 9.94. The predicted molar refractivity (Wildman–Crippen MR) is 101 cm³/mol. The molecule has 0 spiro atoms. The zero-order chi connectivity index (χ0) is 17.7. The quantitative estimate of drug-likeness (QED) is 0.775. The third kappa shape index (κ3) is 5.77. The van der Waals surface area contributed by atoms with Gasteiger partial charge < -0.3 is 14.8 Å². The van der Waals surface area contributed by atoms with Gasteiger partial charge in [0.15, 0.2) is 14.9 Å². The van der Waals surface area contributed by atoms with Gasteiger partial charge in [0.05, 0.1) is 30.4 Å². The first kappa shape index (κ1) is 21.3. The minimum atomic E-state index is -3.32. The topological polar surface area (TPSA) is 90.4 Å². The Morgan fingerprint density at radius 2 is 1.62 bits per heavy atom. The first-order valence-electron chi connectivity index (χ1n) is 9.14. The van der Waals surface area contributed by atoms with E-state index in [0.29, 0.717) is 18.1 Å². The van der Waals surface area contributed by atoms with E-state index in [1.165, 1.54) is 12.4 Å². The van der Waals surface area contributed by atoms with Gasteiger partial charge in [-0.25, -0.2) is 18.4 Å². The van der Waals surface area contributed by atoms with E-state index in [0.717, 1.165) is 51.6 Å². The highest BCUT2D eigenvalue weighted by Crippen LogP contribution is 2.26. The maximum atomic E-state index is 11.7. The number of ether oxygens (including phenoxy) is 2. The summed E-state index contributed by atoms with van der Waals surface area (Å²) in [4.78, 5) is 8.07. The molecule has 26 heavy (non-hydrogen) atoms. The number of hydrogen-bond donors (Lipinski definition) is 1. The smallest absolute Gasteiger partial charge is 0.232 e. The molecule has 2 aliphatic rings. The molecule has 0 amide bonds. The number of piperidine rings is 1. The molecule has 1 aliphatic heterocycles. The number of rotatable bonds is 6. The summed E-state index contributed by atoms with van der Waals surface area (Å²) in [7, 11) is -3.32. The first-order chi connectivity index (χ1) is 12.1. The van der Waals surface area contributed by atoms with E-state index in [1.54, 1.807) is 6.92 Å². The molecule has 7 nitrogen and oxygen atoms in total. The van der Waals surface area contributed by atoms with Crippen LogP contribution >= 0.6 is 12.4 Å². The standard InChI is InChI=1S/C17H27N3O4S.ClH/c1-2-25(21,22)17-12-19-16(11-20-17)24-14-5-3-13(4-6-14)23-15-7-9-18-10-8-15;/h11-15,18H,2-10H2,1H3;1H. The van der Waals surface area contributed by atoms with Crippen LogP contribution in [0.15, 0.2) is 17.4 Å². The van der Waals surface area contributed by atoms with Gasteiger partial charge in [0.2, 0.25) is 5.88 Å². The molecule has 0 aromatic carbocycles. The molecular formula is C17H28ClN3O4S. The Morgan fingerprint density at radius 1 is 1.00 bits per heavy atom. The molecular weight excluding hydrogens is 378 g/mol. The molecule has 1 aromatic rings. The summed E-state index contributed by atoms with van der Waals surface area (Å²) in [5, 5.41) is 3.35. The zero-order valence-electron chi connectivity index (χ0n) is 15.1. The molecule has 0 atom stereocenters. The Hall–Kier alpha value is -0.960. The maximum absolute atomic E-state index is 11.7. The van der Waals surface area contributed by atoms with Gasteiger partial charge in [-0.2, -0.15) is 0 Å². The van der Waals surface area contributed by atoms with Crippen LogP contribution < -0.4 is 10.1 Å². The SMILES string of the molecule is CCS(=O)(=O)c1cnc(OC2CCC(OC3CCNCC3)CC2)cn1.Cl.